The van der Waals surface area contributed by atoms with Gasteiger partial charge in [0.1, 0.15) is 0 Å². The Hall–Kier alpha value is -2.41. The predicted octanol–water partition coefficient (Wildman–Crippen LogP) is 4.23. The van der Waals surface area contributed by atoms with Crippen molar-refractivity contribution >= 4 is 17.9 Å². The Labute approximate surface area is 107 Å². The molecule has 88 valence electrons. The van der Waals surface area contributed by atoms with Crippen molar-refractivity contribution in [2.45, 2.75) is 0 Å². The van der Waals surface area contributed by atoms with E-state index in [0.29, 0.717) is 5.56 Å². The Morgan fingerprint density at radius 1 is 0.833 bits per heavy atom. The van der Waals surface area contributed by atoms with Crippen LogP contribution in [0.4, 0.5) is 0 Å². The number of carbonyl (C=O) groups is 1. The average molecular weight is 234 g/mol. The second-order valence-corrected chi connectivity index (χ2v) is 3.93. The van der Waals surface area contributed by atoms with E-state index in [-0.39, 0.29) is 5.78 Å². The standard InChI is InChI=1S/C17H14O/c1-2-17(18)16-12-10-15(11-13-16)9-8-14-6-4-3-5-7-14/h2-13H,1H2/b9-8+. The minimum Gasteiger partial charge on any atom is -0.289 e. The molecule has 18 heavy (non-hydrogen) atoms. The molecule has 0 spiro atoms. The van der Waals surface area contributed by atoms with Gasteiger partial charge in [0.25, 0.3) is 0 Å². The van der Waals surface area contributed by atoms with E-state index in [2.05, 4.69) is 6.58 Å². The van der Waals surface area contributed by atoms with Crippen LogP contribution in [0.2, 0.25) is 0 Å². The molecule has 0 aliphatic carbocycles. The Bertz CT molecular complexity index is 562. The van der Waals surface area contributed by atoms with Gasteiger partial charge in [0.05, 0.1) is 0 Å². The zero-order chi connectivity index (χ0) is 12.8. The van der Waals surface area contributed by atoms with Gasteiger partial charge in [0.2, 0.25) is 0 Å². The fourth-order valence-electron chi connectivity index (χ4n) is 1.63. The summed E-state index contributed by atoms with van der Waals surface area (Å²) in [6.45, 7) is 3.47. The zero-order valence-electron chi connectivity index (χ0n) is 10.0. The Kier molecular flexibility index (Phi) is 3.87. The van der Waals surface area contributed by atoms with Crippen LogP contribution in [0.15, 0.2) is 67.3 Å². The average Bonchev–Trinajstić information content (AvgIpc) is 2.46. The molecule has 1 nitrogen and oxygen atoms in total. The van der Waals surface area contributed by atoms with Crippen molar-refractivity contribution in [2.75, 3.05) is 0 Å². The second-order valence-electron chi connectivity index (χ2n) is 3.93. The summed E-state index contributed by atoms with van der Waals surface area (Å²) in [7, 11) is 0. The highest BCUT2D eigenvalue weighted by molar-refractivity contribution is 6.04. The lowest BCUT2D eigenvalue weighted by atomic mass is 10.1. The molecule has 0 aliphatic heterocycles. The molecule has 1 heteroatoms. The quantitative estimate of drug-likeness (QED) is 0.439. The highest BCUT2D eigenvalue weighted by Crippen LogP contribution is 2.10. The number of allylic oxidation sites excluding steroid dienone is 1. The number of carbonyl (C=O) groups excluding carboxylic acids is 1. The third kappa shape index (κ3) is 3.05. The van der Waals surface area contributed by atoms with Crippen LogP contribution in [0.3, 0.4) is 0 Å². The van der Waals surface area contributed by atoms with Crippen molar-refractivity contribution in [3.8, 4) is 0 Å². The van der Waals surface area contributed by atoms with Gasteiger partial charge in [-0.3, -0.25) is 4.79 Å². The molecular formula is C17H14O. The van der Waals surface area contributed by atoms with E-state index in [1.54, 1.807) is 0 Å². The smallest absolute Gasteiger partial charge is 0.185 e. The van der Waals surface area contributed by atoms with Gasteiger partial charge in [-0.15, -0.1) is 0 Å². The molecular weight excluding hydrogens is 220 g/mol. The van der Waals surface area contributed by atoms with Gasteiger partial charge in [-0.05, 0) is 17.2 Å². The van der Waals surface area contributed by atoms with E-state index >= 15 is 0 Å². The molecule has 0 bridgehead atoms. The van der Waals surface area contributed by atoms with Gasteiger partial charge in [-0.2, -0.15) is 0 Å². The van der Waals surface area contributed by atoms with Gasteiger partial charge in [-0.25, -0.2) is 0 Å². The van der Waals surface area contributed by atoms with Gasteiger partial charge >= 0.3 is 0 Å². The van der Waals surface area contributed by atoms with Gasteiger partial charge in [0, 0.05) is 5.56 Å². The predicted molar refractivity (Wildman–Crippen MR) is 76.3 cm³/mol. The van der Waals surface area contributed by atoms with E-state index in [9.17, 15) is 4.79 Å². The fraction of sp³-hybridized carbons (Fsp3) is 0. The molecule has 0 unspecified atom stereocenters. The lowest BCUT2D eigenvalue weighted by molar-refractivity contribution is 0.104. The maximum Gasteiger partial charge on any atom is 0.185 e. The molecule has 0 saturated carbocycles. The van der Waals surface area contributed by atoms with Gasteiger partial charge in [0.15, 0.2) is 5.78 Å². The van der Waals surface area contributed by atoms with Gasteiger partial charge in [-0.1, -0.05) is 73.3 Å². The highest BCUT2D eigenvalue weighted by Gasteiger charge is 1.98. The number of hydrogen-bond acceptors (Lipinski definition) is 1. The van der Waals surface area contributed by atoms with Crippen molar-refractivity contribution in [3.05, 3.63) is 83.9 Å². The summed E-state index contributed by atoms with van der Waals surface area (Å²) >= 11 is 0. The lowest BCUT2D eigenvalue weighted by Crippen LogP contribution is -1.92. The third-order valence-electron chi connectivity index (χ3n) is 2.65. The topological polar surface area (TPSA) is 17.1 Å². The Balaban J connectivity index is 2.14. The van der Waals surface area contributed by atoms with Crippen LogP contribution in [-0.2, 0) is 0 Å². The Morgan fingerprint density at radius 3 is 1.94 bits per heavy atom. The van der Waals surface area contributed by atoms with Crippen LogP contribution >= 0.6 is 0 Å². The largest absolute Gasteiger partial charge is 0.289 e. The molecule has 0 saturated heterocycles. The van der Waals surface area contributed by atoms with Crippen molar-refractivity contribution in [1.29, 1.82) is 0 Å². The summed E-state index contributed by atoms with van der Waals surface area (Å²) in [4.78, 5) is 11.4. The lowest BCUT2D eigenvalue weighted by Gasteiger charge is -1.97. The summed E-state index contributed by atoms with van der Waals surface area (Å²) < 4.78 is 0. The first-order chi connectivity index (χ1) is 8.79. The van der Waals surface area contributed by atoms with Crippen LogP contribution in [0.1, 0.15) is 21.5 Å². The van der Waals surface area contributed by atoms with Crippen molar-refractivity contribution < 1.29 is 4.79 Å². The van der Waals surface area contributed by atoms with Crippen LogP contribution in [0.25, 0.3) is 12.2 Å². The molecule has 0 fully saturated rings. The molecule has 0 radical (unpaired) electrons. The maximum absolute atomic E-state index is 11.4. The number of hydrogen-bond donors (Lipinski definition) is 0. The number of benzene rings is 2. The minimum absolute atomic E-state index is 0.0476. The molecule has 0 aromatic heterocycles. The molecule has 0 N–H and O–H groups in total. The molecule has 2 aromatic rings. The maximum atomic E-state index is 11.4. The van der Waals surface area contributed by atoms with E-state index in [4.69, 9.17) is 0 Å². The van der Waals surface area contributed by atoms with Crippen molar-refractivity contribution in [3.63, 3.8) is 0 Å². The van der Waals surface area contributed by atoms with Crippen LogP contribution < -0.4 is 0 Å². The Morgan fingerprint density at radius 2 is 1.39 bits per heavy atom. The molecule has 0 atom stereocenters. The summed E-state index contributed by atoms with van der Waals surface area (Å²) in [5, 5.41) is 0. The summed E-state index contributed by atoms with van der Waals surface area (Å²) in [5.41, 5.74) is 2.89. The normalized spacial score (nSPS) is 10.4. The van der Waals surface area contributed by atoms with E-state index in [1.165, 1.54) is 6.08 Å². The number of ketones is 1. The second kappa shape index (κ2) is 5.78. The molecule has 2 rings (SSSR count). The molecule has 0 aliphatic rings. The van der Waals surface area contributed by atoms with Crippen LogP contribution in [-0.4, -0.2) is 5.78 Å². The SMILES string of the molecule is C=CC(=O)c1ccc(/C=C/c2ccccc2)cc1. The monoisotopic (exact) mass is 234 g/mol. The third-order valence-corrected chi connectivity index (χ3v) is 2.65. The van der Waals surface area contributed by atoms with Crippen molar-refractivity contribution in [2.24, 2.45) is 0 Å². The molecule has 2 aromatic carbocycles. The van der Waals surface area contributed by atoms with E-state index < -0.39 is 0 Å². The first-order valence-electron chi connectivity index (χ1n) is 5.79. The van der Waals surface area contributed by atoms with E-state index in [0.717, 1.165) is 11.1 Å². The number of rotatable bonds is 4. The van der Waals surface area contributed by atoms with Crippen LogP contribution in [0, 0.1) is 0 Å². The highest BCUT2D eigenvalue weighted by atomic mass is 16.1. The molecule has 0 amide bonds. The summed E-state index contributed by atoms with van der Waals surface area (Å²) in [5.74, 6) is -0.0476. The first-order valence-corrected chi connectivity index (χ1v) is 5.79. The zero-order valence-corrected chi connectivity index (χ0v) is 10.0. The first kappa shape index (κ1) is 12.1. The minimum atomic E-state index is -0.0476. The van der Waals surface area contributed by atoms with Gasteiger partial charge < -0.3 is 0 Å². The summed E-state index contributed by atoms with van der Waals surface area (Å²) in [6, 6.07) is 17.6. The van der Waals surface area contributed by atoms with E-state index in [1.807, 2.05) is 66.7 Å². The summed E-state index contributed by atoms with van der Waals surface area (Å²) in [6.07, 6.45) is 5.40. The van der Waals surface area contributed by atoms with Crippen LogP contribution in [0.5, 0.6) is 0 Å². The molecule has 0 heterocycles. The van der Waals surface area contributed by atoms with Crippen molar-refractivity contribution in [1.82, 2.24) is 0 Å². The fourth-order valence-corrected chi connectivity index (χ4v) is 1.63.